The summed E-state index contributed by atoms with van der Waals surface area (Å²) in [6.07, 6.45) is 29.7. The molecule has 16 unspecified atom stereocenters. The Kier molecular flexibility index (Phi) is 32.8. The molecule has 2 N–H and O–H groups in total. The van der Waals surface area contributed by atoms with Crippen LogP contribution in [0.25, 0.3) is 0 Å². The normalized spacial score (nSPS) is 38.4. The van der Waals surface area contributed by atoms with Gasteiger partial charge in [0.05, 0.1) is 86.7 Å². The fourth-order valence-electron chi connectivity index (χ4n) is 28.3. The first kappa shape index (κ1) is 110. The molecule has 18 aliphatic carbocycles. The molecule has 5 saturated heterocycles. The van der Waals surface area contributed by atoms with E-state index in [4.69, 9.17) is 66.3 Å². The van der Waals surface area contributed by atoms with E-state index in [1.807, 2.05) is 90.0 Å². The van der Waals surface area contributed by atoms with Crippen LogP contribution < -0.4 is 0 Å². The van der Waals surface area contributed by atoms with Gasteiger partial charge in [-0.15, -0.1) is 0 Å². The summed E-state index contributed by atoms with van der Waals surface area (Å²) in [4.78, 5) is 156. The first-order valence-electron chi connectivity index (χ1n) is 54.0. The van der Waals surface area contributed by atoms with Crippen molar-refractivity contribution in [3.63, 3.8) is 0 Å². The van der Waals surface area contributed by atoms with Gasteiger partial charge in [0.15, 0.2) is 25.4 Å². The van der Waals surface area contributed by atoms with Crippen molar-refractivity contribution in [1.82, 2.24) is 0 Å². The van der Waals surface area contributed by atoms with Crippen molar-refractivity contribution >= 4 is 77.6 Å². The van der Waals surface area contributed by atoms with Crippen LogP contribution in [0.4, 0.5) is 0 Å². The summed E-state index contributed by atoms with van der Waals surface area (Å²) in [6.45, 7) is 44.2. The summed E-state index contributed by atoms with van der Waals surface area (Å²) in [5.41, 5.74) is -5.42. The second-order valence-electron chi connectivity index (χ2n) is 51.0. The molecule has 0 aromatic carbocycles. The number of carbonyl (C=O) groups is 13. The molecular weight excluding hydrogens is 1800 g/mol. The van der Waals surface area contributed by atoms with Crippen LogP contribution in [0.5, 0.6) is 0 Å². The lowest BCUT2D eigenvalue weighted by atomic mass is 9.49. The van der Waals surface area contributed by atoms with E-state index in [1.54, 1.807) is 41.5 Å². The Hall–Kier alpha value is -7.01. The summed E-state index contributed by atoms with van der Waals surface area (Å²) < 4.78 is 76.0. The monoisotopic (exact) mass is 1970 g/mol. The molecule has 20 bridgehead atoms. The Bertz CT molecular complexity index is 4300. The smallest absolute Gasteiger partial charge is 0.347 e. The van der Waals surface area contributed by atoms with Crippen molar-refractivity contribution in [3.05, 3.63) is 0 Å². The van der Waals surface area contributed by atoms with Crippen LogP contribution in [0.3, 0.4) is 0 Å². The minimum Gasteiger partial charge on any atom is -0.469 e. The van der Waals surface area contributed by atoms with Crippen LogP contribution in [-0.4, -0.2) is 191 Å². The maximum atomic E-state index is 12.6. The summed E-state index contributed by atoms with van der Waals surface area (Å²) in [5.74, 6) is 2.28. The number of hydrogen-bond donors (Lipinski definition) is 2. The molecule has 23 aliphatic rings. The van der Waals surface area contributed by atoms with Crippen LogP contribution in [-0.2, 0) is 129 Å². The summed E-state index contributed by atoms with van der Waals surface area (Å²) in [6, 6.07) is 0. The zero-order valence-electron chi connectivity index (χ0n) is 88.9. The highest BCUT2D eigenvalue weighted by Gasteiger charge is 2.72. The van der Waals surface area contributed by atoms with Gasteiger partial charge < -0.3 is 76.5 Å². The average Bonchev–Trinajstić information content (AvgIpc) is 1.53. The Labute approximate surface area is 831 Å². The number of esters is 13. The topological polar surface area (TPSA) is 392 Å². The van der Waals surface area contributed by atoms with Gasteiger partial charge in [-0.1, -0.05) is 62.3 Å². The van der Waals surface area contributed by atoms with Gasteiger partial charge in [-0.25, -0.2) is 14.4 Å². The first-order chi connectivity index (χ1) is 65.3. The van der Waals surface area contributed by atoms with E-state index < -0.39 is 136 Å². The molecule has 18 saturated carbocycles. The molecule has 16 atom stereocenters. The molecular formula is C111H172O29. The molecule has 140 heavy (non-hydrogen) atoms. The van der Waals surface area contributed by atoms with E-state index in [2.05, 4.69) is 27.7 Å². The number of aliphatic hydroxyl groups is 2. The van der Waals surface area contributed by atoms with Gasteiger partial charge in [0, 0.05) is 31.1 Å². The zero-order valence-corrected chi connectivity index (χ0v) is 88.9. The van der Waals surface area contributed by atoms with Crippen molar-refractivity contribution in [2.24, 2.45) is 139 Å². The van der Waals surface area contributed by atoms with Gasteiger partial charge >= 0.3 is 77.6 Å². The minimum atomic E-state index is -0.717. The standard InChI is InChI=1S/C18H24O8.2C18H30O2.2C16H26O3.C15H20O7.C10H16O4/c1-5-18(2,3)17(22)24-7-10(19)25-13-8-6-9-12(11(8)15(20)23-4)16(21)26-14(9)13;2*1-5-17(3,4)16(19)20-18(6-2)14-8-12-7-13(10-14)11-15(18)9-12;2*1-4-14(2,3)13(17)19-16-8-11-5-12(9-16)7-15(18,6-11)10-16;1-4-15(2,3)14(18)19-6-9(16)21-11-8-5-7-10(20-8)12(11)22-13(7)17;1-4-10(2,3)9(12)14-7-5-6-13-8(7)11/h8-9,11-14H,5-7H2,1-4H3;2*12-15H,5-11H2,1-4H3;2*11-12,18H,4-10H2,1-3H3;7-8,10-12H,4-6H2,1-3H3;7H,4-6H2,1-3H3. The Morgan fingerprint density at radius 2 is 0.707 bits per heavy atom. The van der Waals surface area contributed by atoms with Gasteiger partial charge in [-0.3, -0.25) is 47.9 Å². The SMILES string of the molecule is CCC(C)(C)C(=O)OC1(CC)C2CC3CC(C2)CC1C3.CCC(C)(C)C(=O)OC1(CC)C2CC3CC(C2)CC1C3.CCC(C)(C)C(=O)OC12CC3CC(CC(O)(C3)C1)C2.CCC(C)(C)C(=O)OC12CC3CC(CC(O)(C3)C1)C2.CCC(C)(C)C(=O)OC1CCOC1=O.CCC(C)(C)C(=O)OCC(=O)OC1C2CC3C(=O)OC1C3O2.CCC(C)(C)C(=O)OCC(=O)OC1C2CC3C1OC(=O)C3C2C(=O)OC. The van der Waals surface area contributed by atoms with Crippen LogP contribution >= 0.6 is 0 Å². The fourth-order valence-corrected chi connectivity index (χ4v) is 28.3. The highest BCUT2D eigenvalue weighted by atomic mass is 16.7. The number of rotatable bonds is 28. The lowest BCUT2D eigenvalue weighted by molar-refractivity contribution is -0.226. The van der Waals surface area contributed by atoms with Crippen LogP contribution in [0.1, 0.15) is 378 Å². The Balaban J connectivity index is 0.000000138. The number of ether oxygens (including phenoxy) is 14. The van der Waals surface area contributed by atoms with Crippen LogP contribution in [0, 0.1) is 139 Å². The summed E-state index contributed by atoms with van der Waals surface area (Å²) >= 11 is 0. The van der Waals surface area contributed by atoms with Crippen molar-refractivity contribution in [2.45, 2.75) is 454 Å². The quantitative estimate of drug-likeness (QED) is 0.0542. The maximum Gasteiger partial charge on any atom is 0.347 e. The molecule has 0 spiro atoms. The zero-order chi connectivity index (χ0) is 103. The van der Waals surface area contributed by atoms with Crippen molar-refractivity contribution in [2.75, 3.05) is 26.9 Å². The van der Waals surface area contributed by atoms with E-state index in [9.17, 15) is 72.5 Å². The molecule has 5 heterocycles. The largest absolute Gasteiger partial charge is 0.469 e. The number of methoxy groups -OCH3 is 1. The maximum absolute atomic E-state index is 12.6. The van der Waals surface area contributed by atoms with E-state index in [0.29, 0.717) is 105 Å². The molecule has 0 aromatic rings. The lowest BCUT2D eigenvalue weighted by Gasteiger charge is -2.60. The van der Waals surface area contributed by atoms with E-state index >= 15 is 0 Å². The predicted molar refractivity (Wildman–Crippen MR) is 512 cm³/mol. The number of hydrogen-bond acceptors (Lipinski definition) is 29. The second-order valence-corrected chi connectivity index (χ2v) is 51.0. The molecule has 790 valence electrons. The molecule has 5 aliphatic heterocycles. The van der Waals surface area contributed by atoms with Crippen molar-refractivity contribution in [1.29, 1.82) is 0 Å². The highest BCUT2D eigenvalue weighted by molar-refractivity contribution is 5.87. The third-order valence-corrected chi connectivity index (χ3v) is 38.5. The Morgan fingerprint density at radius 3 is 1.05 bits per heavy atom. The minimum absolute atomic E-state index is 0.0364. The molecule has 0 amide bonds. The van der Waals surface area contributed by atoms with E-state index in [-0.39, 0.29) is 99.0 Å². The molecule has 0 aromatic heterocycles. The van der Waals surface area contributed by atoms with Gasteiger partial charge in [0.2, 0.25) is 6.10 Å². The molecule has 23 rings (SSSR count). The molecule has 23 fully saturated rings. The Morgan fingerprint density at radius 1 is 0.364 bits per heavy atom. The average molecular weight is 1970 g/mol. The van der Waals surface area contributed by atoms with Crippen molar-refractivity contribution in [3.8, 4) is 0 Å². The lowest BCUT2D eigenvalue weighted by Crippen LogP contribution is -2.61. The summed E-state index contributed by atoms with van der Waals surface area (Å²) in [7, 11) is 1.27. The third kappa shape index (κ3) is 22.7. The van der Waals surface area contributed by atoms with Gasteiger partial charge in [0.1, 0.15) is 40.7 Å². The molecule has 0 radical (unpaired) electrons. The van der Waals surface area contributed by atoms with Crippen molar-refractivity contribution < 1.29 is 139 Å². The third-order valence-electron chi connectivity index (χ3n) is 38.5. The number of cyclic esters (lactones) is 1. The molecule has 29 heteroatoms. The molecule has 29 nitrogen and oxygen atoms in total. The van der Waals surface area contributed by atoms with E-state index in [0.717, 1.165) is 114 Å². The van der Waals surface area contributed by atoms with Gasteiger partial charge in [-0.05, 0) is 367 Å². The second kappa shape index (κ2) is 41.7. The van der Waals surface area contributed by atoms with Gasteiger partial charge in [-0.2, -0.15) is 0 Å². The van der Waals surface area contributed by atoms with Crippen LogP contribution in [0.15, 0.2) is 0 Å². The fraction of sp³-hybridized carbons (Fsp3) is 0.883. The highest BCUT2D eigenvalue weighted by Crippen LogP contribution is 2.66. The van der Waals surface area contributed by atoms with Gasteiger partial charge in [0.25, 0.3) is 0 Å². The van der Waals surface area contributed by atoms with E-state index in [1.165, 1.54) is 84.2 Å². The summed E-state index contributed by atoms with van der Waals surface area (Å²) in [5, 5.41) is 21.3. The first-order valence-corrected chi connectivity index (χ1v) is 54.0. The number of fused-ring (bicyclic) bond motifs is 2. The van der Waals surface area contributed by atoms with Crippen LogP contribution in [0.2, 0.25) is 0 Å². The number of carbonyl (C=O) groups excluding carboxylic acids is 13. The predicted octanol–water partition coefficient (Wildman–Crippen LogP) is 18.0.